The molecule has 108 valence electrons. The van der Waals surface area contributed by atoms with Gasteiger partial charge in [-0.25, -0.2) is 0 Å². The summed E-state index contributed by atoms with van der Waals surface area (Å²) in [5.41, 5.74) is 0. The first-order valence-electron chi connectivity index (χ1n) is 7.57. The van der Waals surface area contributed by atoms with Crippen LogP contribution in [-0.4, -0.2) is 37.0 Å². The van der Waals surface area contributed by atoms with Gasteiger partial charge in [0.15, 0.2) is 5.96 Å². The van der Waals surface area contributed by atoms with Gasteiger partial charge < -0.3 is 16.0 Å². The van der Waals surface area contributed by atoms with E-state index < -0.39 is 0 Å². The molecule has 5 heteroatoms. The van der Waals surface area contributed by atoms with Gasteiger partial charge in [-0.2, -0.15) is 0 Å². The molecule has 1 heterocycles. The first-order valence-corrected chi connectivity index (χ1v) is 7.57. The van der Waals surface area contributed by atoms with Crippen molar-refractivity contribution in [1.82, 2.24) is 16.0 Å². The molecule has 2 aliphatic rings. The van der Waals surface area contributed by atoms with Crippen molar-refractivity contribution in [2.75, 3.05) is 13.1 Å². The summed E-state index contributed by atoms with van der Waals surface area (Å²) >= 11 is 0. The quantitative estimate of drug-likeness (QED) is 0.514. The van der Waals surface area contributed by atoms with E-state index in [2.05, 4.69) is 27.9 Å². The zero-order valence-electron chi connectivity index (χ0n) is 12.0. The Bertz CT molecular complexity index is 332. The van der Waals surface area contributed by atoms with Crippen LogP contribution in [0.25, 0.3) is 0 Å². The summed E-state index contributed by atoms with van der Waals surface area (Å²) in [6.45, 7) is 5.76. The first-order chi connectivity index (χ1) is 9.22. The lowest BCUT2D eigenvalue weighted by atomic mass is 10.1. The molecule has 1 aliphatic carbocycles. The molecule has 3 atom stereocenters. The average molecular weight is 266 g/mol. The van der Waals surface area contributed by atoms with E-state index >= 15 is 0 Å². The minimum Gasteiger partial charge on any atom is -0.354 e. The topological polar surface area (TPSA) is 65.5 Å². The van der Waals surface area contributed by atoms with Gasteiger partial charge >= 0.3 is 0 Å². The summed E-state index contributed by atoms with van der Waals surface area (Å²) in [5.74, 6) is 1.89. The highest BCUT2D eigenvalue weighted by Crippen LogP contribution is 2.34. The van der Waals surface area contributed by atoms with Crippen LogP contribution in [0.4, 0.5) is 0 Å². The van der Waals surface area contributed by atoms with Gasteiger partial charge in [-0.15, -0.1) is 0 Å². The molecule has 2 rings (SSSR count). The van der Waals surface area contributed by atoms with Crippen LogP contribution >= 0.6 is 0 Å². The molecule has 2 fully saturated rings. The third kappa shape index (κ3) is 4.40. The maximum Gasteiger partial charge on any atom is 0.220 e. The summed E-state index contributed by atoms with van der Waals surface area (Å²) in [6, 6.07) is 0.898. The molecule has 0 aromatic carbocycles. The van der Waals surface area contributed by atoms with Crippen molar-refractivity contribution in [3.63, 3.8) is 0 Å². The van der Waals surface area contributed by atoms with Crippen molar-refractivity contribution in [3.05, 3.63) is 0 Å². The maximum atomic E-state index is 11.1. The second-order valence-electron chi connectivity index (χ2n) is 5.54. The van der Waals surface area contributed by atoms with Crippen molar-refractivity contribution in [2.45, 2.75) is 58.0 Å². The van der Waals surface area contributed by atoms with Gasteiger partial charge in [-0.3, -0.25) is 9.79 Å². The summed E-state index contributed by atoms with van der Waals surface area (Å²) in [5, 5.41) is 9.84. The van der Waals surface area contributed by atoms with E-state index in [9.17, 15) is 4.79 Å². The van der Waals surface area contributed by atoms with Gasteiger partial charge in [-0.1, -0.05) is 13.3 Å². The molecule has 3 N–H and O–H groups in total. The molecule has 0 aromatic heterocycles. The Balaban J connectivity index is 1.77. The van der Waals surface area contributed by atoms with Crippen molar-refractivity contribution < 1.29 is 4.79 Å². The smallest absolute Gasteiger partial charge is 0.220 e. The van der Waals surface area contributed by atoms with Crippen LogP contribution in [-0.2, 0) is 4.79 Å². The number of hydrogen-bond donors (Lipinski definition) is 3. The molecule has 0 spiro atoms. The van der Waals surface area contributed by atoms with Crippen LogP contribution in [0.15, 0.2) is 4.99 Å². The van der Waals surface area contributed by atoms with Gasteiger partial charge in [0.05, 0.1) is 0 Å². The van der Waals surface area contributed by atoms with Crippen LogP contribution in [0.5, 0.6) is 0 Å². The Kier molecular flexibility index (Phi) is 5.05. The highest BCUT2D eigenvalue weighted by molar-refractivity contribution is 5.81. The van der Waals surface area contributed by atoms with E-state index in [1.807, 2.05) is 6.92 Å². The summed E-state index contributed by atoms with van der Waals surface area (Å²) < 4.78 is 0. The molecular formula is C14H26N4O. The van der Waals surface area contributed by atoms with Crippen molar-refractivity contribution in [1.29, 1.82) is 0 Å². The Morgan fingerprint density at radius 2 is 2.26 bits per heavy atom. The Morgan fingerprint density at radius 1 is 1.42 bits per heavy atom. The number of amides is 1. The minimum absolute atomic E-state index is 0.158. The fourth-order valence-corrected chi connectivity index (χ4v) is 2.63. The van der Waals surface area contributed by atoms with Crippen LogP contribution in [0.1, 0.15) is 46.0 Å². The molecule has 3 unspecified atom stereocenters. The van der Waals surface area contributed by atoms with Crippen LogP contribution in [0.2, 0.25) is 0 Å². The predicted molar refractivity (Wildman–Crippen MR) is 77.1 cm³/mol. The van der Waals surface area contributed by atoms with Gasteiger partial charge in [0.1, 0.15) is 0 Å². The fraction of sp³-hybridized carbons (Fsp3) is 0.857. The van der Waals surface area contributed by atoms with Crippen molar-refractivity contribution >= 4 is 11.9 Å². The lowest BCUT2D eigenvalue weighted by Crippen LogP contribution is -2.51. The highest BCUT2D eigenvalue weighted by Gasteiger charge is 2.36. The van der Waals surface area contributed by atoms with Gasteiger partial charge in [-0.05, 0) is 32.1 Å². The largest absolute Gasteiger partial charge is 0.354 e. The summed E-state index contributed by atoms with van der Waals surface area (Å²) in [4.78, 5) is 15.6. The fourth-order valence-electron chi connectivity index (χ4n) is 2.63. The number of aliphatic imine (C=N–C) groups is 1. The van der Waals surface area contributed by atoms with Crippen molar-refractivity contribution in [2.24, 2.45) is 10.9 Å². The number of rotatable bonds is 5. The molecule has 1 aliphatic heterocycles. The Hall–Kier alpha value is -1.26. The van der Waals surface area contributed by atoms with Gasteiger partial charge in [0.2, 0.25) is 5.91 Å². The second kappa shape index (κ2) is 6.78. The molecule has 1 saturated carbocycles. The summed E-state index contributed by atoms with van der Waals surface area (Å²) in [6.07, 6.45) is 5.32. The lowest BCUT2D eigenvalue weighted by Gasteiger charge is -2.25. The van der Waals surface area contributed by atoms with E-state index in [4.69, 9.17) is 0 Å². The van der Waals surface area contributed by atoms with E-state index in [0.717, 1.165) is 24.8 Å². The molecular weight excluding hydrogens is 240 g/mol. The van der Waals surface area contributed by atoms with Crippen LogP contribution in [0.3, 0.4) is 0 Å². The monoisotopic (exact) mass is 266 g/mol. The number of carbonyl (C=O) groups excluding carboxylic acids is 1. The normalized spacial score (nSPS) is 30.7. The maximum absolute atomic E-state index is 11.1. The molecule has 1 amide bonds. The third-order valence-corrected chi connectivity index (χ3v) is 3.83. The van der Waals surface area contributed by atoms with Crippen LogP contribution < -0.4 is 16.0 Å². The average Bonchev–Trinajstić information content (AvgIpc) is 3.11. The van der Waals surface area contributed by atoms with Gasteiger partial charge in [0.25, 0.3) is 0 Å². The minimum atomic E-state index is 0.158. The summed E-state index contributed by atoms with van der Waals surface area (Å²) in [7, 11) is 0. The number of piperidine rings is 1. The standard InChI is InChI=1S/C14H26N4O/c1-3-5-10-8-12(10)18-14(15-4-2)17-11-6-7-13(19)16-9-11/h10-12H,3-9H2,1-2H3,(H,16,19)(H2,15,17,18). The van der Waals surface area contributed by atoms with E-state index in [1.165, 1.54) is 19.3 Å². The second-order valence-corrected chi connectivity index (χ2v) is 5.54. The van der Waals surface area contributed by atoms with Gasteiger partial charge in [0, 0.05) is 31.6 Å². The number of guanidine groups is 1. The Labute approximate surface area is 115 Å². The van der Waals surface area contributed by atoms with E-state index in [1.54, 1.807) is 0 Å². The third-order valence-electron chi connectivity index (χ3n) is 3.83. The Morgan fingerprint density at radius 3 is 2.89 bits per heavy atom. The molecule has 19 heavy (non-hydrogen) atoms. The van der Waals surface area contributed by atoms with E-state index in [-0.39, 0.29) is 5.91 Å². The highest BCUT2D eigenvalue weighted by atomic mass is 16.1. The zero-order chi connectivity index (χ0) is 13.7. The molecule has 5 nitrogen and oxygen atoms in total. The molecule has 1 saturated heterocycles. The zero-order valence-corrected chi connectivity index (χ0v) is 12.0. The molecule has 0 radical (unpaired) electrons. The van der Waals surface area contributed by atoms with Crippen molar-refractivity contribution in [3.8, 4) is 0 Å². The number of nitrogens with one attached hydrogen (secondary N) is 3. The number of carbonyl (C=O) groups is 1. The van der Waals surface area contributed by atoms with Crippen LogP contribution in [0, 0.1) is 5.92 Å². The molecule has 0 bridgehead atoms. The predicted octanol–water partition coefficient (Wildman–Crippen LogP) is 1.01. The molecule has 0 aromatic rings. The number of hydrogen-bond acceptors (Lipinski definition) is 2. The number of nitrogens with zero attached hydrogens (tertiary/aromatic N) is 1. The SMILES string of the molecule is CCCC1CC1NC(=NCC)NC1CCC(=O)NC1. The lowest BCUT2D eigenvalue weighted by molar-refractivity contribution is -0.122. The first kappa shape index (κ1) is 14.2. The van der Waals surface area contributed by atoms with E-state index in [0.29, 0.717) is 25.0 Å².